The van der Waals surface area contributed by atoms with Gasteiger partial charge in [-0.3, -0.25) is 4.79 Å². The van der Waals surface area contributed by atoms with Crippen LogP contribution in [0.15, 0.2) is 30.3 Å². The first kappa shape index (κ1) is 27.2. The Hall–Kier alpha value is -1.38. The van der Waals surface area contributed by atoms with Gasteiger partial charge >= 0.3 is 5.97 Å². The highest BCUT2D eigenvalue weighted by molar-refractivity contribution is 6.24. The molecule has 0 bridgehead atoms. The van der Waals surface area contributed by atoms with E-state index in [0.717, 1.165) is 51.1 Å². The molecule has 1 aromatic rings. The maximum Gasteiger partial charge on any atom is 0.328 e. The Morgan fingerprint density at radius 3 is 2.62 bits per heavy atom. The third-order valence-corrected chi connectivity index (χ3v) is 7.90. The van der Waals surface area contributed by atoms with Gasteiger partial charge in [0.25, 0.3) is 0 Å². The Balaban J connectivity index is 1.57. The van der Waals surface area contributed by atoms with Crippen LogP contribution in [0.4, 0.5) is 0 Å². The molecule has 1 aromatic carbocycles. The molecule has 0 radical (unpaired) electrons. The summed E-state index contributed by atoms with van der Waals surface area (Å²) in [6, 6.07) is 8.58. The van der Waals surface area contributed by atoms with Gasteiger partial charge in [-0.1, -0.05) is 30.3 Å². The zero-order valence-corrected chi connectivity index (χ0v) is 21.3. The predicted molar refractivity (Wildman–Crippen MR) is 134 cm³/mol. The minimum atomic E-state index is -1.03. The Morgan fingerprint density at radius 2 is 1.94 bits per heavy atom. The van der Waals surface area contributed by atoms with Crippen molar-refractivity contribution in [3.8, 4) is 0 Å². The number of nitrogens with one attached hydrogen (secondary N) is 2. The summed E-state index contributed by atoms with van der Waals surface area (Å²) < 4.78 is 5.17. The Kier molecular flexibility index (Phi) is 10.9. The molecule has 7 nitrogen and oxygen atoms in total. The molecular weight excluding hydrogens is 477 g/mol. The van der Waals surface area contributed by atoms with Gasteiger partial charge in [0, 0.05) is 38.0 Å². The van der Waals surface area contributed by atoms with Gasteiger partial charge in [-0.2, -0.15) is 0 Å². The van der Waals surface area contributed by atoms with Crippen LogP contribution in [0.3, 0.4) is 0 Å². The van der Waals surface area contributed by atoms with E-state index in [4.69, 9.17) is 27.9 Å². The Morgan fingerprint density at radius 1 is 1.24 bits per heavy atom. The predicted octanol–water partition coefficient (Wildman–Crippen LogP) is 2.17. The molecule has 1 aliphatic heterocycles. The highest BCUT2D eigenvalue weighted by Crippen LogP contribution is 2.39. The minimum Gasteiger partial charge on any atom is -0.464 e. The fourth-order valence-corrected chi connectivity index (χ4v) is 5.91. The van der Waals surface area contributed by atoms with Gasteiger partial charge in [0.2, 0.25) is 5.91 Å². The quantitative estimate of drug-likeness (QED) is 0.328. The molecule has 34 heavy (non-hydrogen) atoms. The van der Waals surface area contributed by atoms with Crippen molar-refractivity contribution in [2.75, 3.05) is 39.3 Å². The molecule has 0 aromatic heterocycles. The van der Waals surface area contributed by atoms with Crippen LogP contribution in [0, 0.1) is 11.8 Å². The number of carbonyl (C=O) groups excluding carboxylic acids is 2. The summed E-state index contributed by atoms with van der Waals surface area (Å²) in [5, 5.41) is 16.1. The maximum atomic E-state index is 13.1. The molecular formula is C25H37Cl2N3O4. The molecule has 1 saturated carbocycles. The SMILES string of the molecule is CCOC(=O)[C@H](Cc1ccccc1)NC(=O)C1CC(Cl)C(CCCN2CCNCC2)C(Cl)C1O. The van der Waals surface area contributed by atoms with E-state index in [1.807, 2.05) is 30.3 Å². The molecule has 1 amide bonds. The van der Waals surface area contributed by atoms with Crippen molar-refractivity contribution in [2.45, 2.75) is 55.5 Å². The first-order valence-corrected chi connectivity index (χ1v) is 13.2. The first-order valence-electron chi connectivity index (χ1n) is 12.3. The highest BCUT2D eigenvalue weighted by Gasteiger charge is 2.45. The van der Waals surface area contributed by atoms with E-state index in [-0.39, 0.29) is 17.9 Å². The average molecular weight is 514 g/mol. The van der Waals surface area contributed by atoms with Crippen molar-refractivity contribution >= 4 is 35.1 Å². The number of carbonyl (C=O) groups is 2. The van der Waals surface area contributed by atoms with E-state index >= 15 is 0 Å². The molecule has 1 aliphatic carbocycles. The Labute approximate surface area is 212 Å². The number of benzene rings is 1. The van der Waals surface area contributed by atoms with Gasteiger partial charge in [0.05, 0.1) is 24.0 Å². The van der Waals surface area contributed by atoms with E-state index < -0.39 is 35.3 Å². The number of nitrogens with zero attached hydrogens (tertiary/aromatic N) is 1. The number of hydrogen-bond donors (Lipinski definition) is 3. The van der Waals surface area contributed by atoms with Gasteiger partial charge in [-0.25, -0.2) is 4.79 Å². The number of esters is 1. The third-order valence-electron chi connectivity index (χ3n) is 6.82. The molecule has 3 N–H and O–H groups in total. The lowest BCUT2D eigenvalue weighted by molar-refractivity contribution is -0.148. The molecule has 5 unspecified atom stereocenters. The van der Waals surface area contributed by atoms with E-state index in [2.05, 4.69) is 15.5 Å². The third kappa shape index (κ3) is 7.56. The summed E-state index contributed by atoms with van der Waals surface area (Å²) >= 11 is 13.3. The van der Waals surface area contributed by atoms with Crippen molar-refractivity contribution in [1.82, 2.24) is 15.5 Å². The van der Waals surface area contributed by atoms with Crippen LogP contribution in [-0.2, 0) is 20.7 Å². The number of aliphatic hydroxyl groups excluding tert-OH is 1. The summed E-state index contributed by atoms with van der Waals surface area (Å²) in [7, 11) is 0. The minimum absolute atomic E-state index is 0.0736. The van der Waals surface area contributed by atoms with Crippen LogP contribution < -0.4 is 10.6 Å². The number of amides is 1. The molecule has 3 rings (SSSR count). The smallest absolute Gasteiger partial charge is 0.328 e. The van der Waals surface area contributed by atoms with E-state index in [1.165, 1.54) is 0 Å². The zero-order chi connectivity index (χ0) is 24.5. The normalized spacial score (nSPS) is 28.8. The summed E-state index contributed by atoms with van der Waals surface area (Å²) in [4.78, 5) is 28.1. The number of alkyl halides is 2. The average Bonchev–Trinajstić information content (AvgIpc) is 2.84. The lowest BCUT2D eigenvalue weighted by Gasteiger charge is -2.40. The fourth-order valence-electron chi connectivity index (χ4n) is 4.88. The van der Waals surface area contributed by atoms with Crippen LogP contribution >= 0.6 is 23.2 Å². The molecule has 1 heterocycles. The highest BCUT2D eigenvalue weighted by atomic mass is 35.5. The monoisotopic (exact) mass is 513 g/mol. The maximum absolute atomic E-state index is 13.1. The topological polar surface area (TPSA) is 90.9 Å². The molecule has 2 aliphatic rings. The summed E-state index contributed by atoms with van der Waals surface area (Å²) in [5.41, 5.74) is 0.903. The van der Waals surface area contributed by atoms with Gasteiger partial charge in [0.15, 0.2) is 0 Å². The molecule has 6 atom stereocenters. The second kappa shape index (κ2) is 13.6. The van der Waals surface area contributed by atoms with Gasteiger partial charge < -0.3 is 25.4 Å². The summed E-state index contributed by atoms with van der Waals surface area (Å²) in [5.74, 6) is -1.77. The standard InChI is InChI=1S/C25H37Cl2N3O4/c1-2-34-25(33)21(15-17-7-4-3-5-8-17)29-24(32)19-16-20(26)18(22(27)23(19)31)9-6-12-30-13-10-28-11-14-30/h3-5,7-8,18-23,28,31H,2,6,9-16H2,1H3,(H,29,32)/t18?,19?,20?,21-,22?,23?/m0/s1. The van der Waals surface area contributed by atoms with Gasteiger partial charge in [-0.05, 0) is 44.2 Å². The van der Waals surface area contributed by atoms with Crippen LogP contribution in [0.2, 0.25) is 0 Å². The number of halogens is 2. The molecule has 190 valence electrons. The first-order chi connectivity index (χ1) is 16.4. The second-order valence-electron chi connectivity index (χ2n) is 9.19. The van der Waals surface area contributed by atoms with Crippen molar-refractivity contribution in [3.63, 3.8) is 0 Å². The molecule has 2 fully saturated rings. The van der Waals surface area contributed by atoms with Crippen LogP contribution in [-0.4, -0.2) is 84.1 Å². The van der Waals surface area contributed by atoms with Crippen molar-refractivity contribution in [3.05, 3.63) is 35.9 Å². The molecule has 9 heteroatoms. The molecule has 0 spiro atoms. The number of hydrogen-bond acceptors (Lipinski definition) is 6. The lowest BCUT2D eigenvalue weighted by Crippen LogP contribution is -2.54. The number of ether oxygens (including phenoxy) is 1. The summed E-state index contributed by atoms with van der Waals surface area (Å²) in [6.07, 6.45) is 1.34. The second-order valence-corrected chi connectivity index (χ2v) is 10.3. The summed E-state index contributed by atoms with van der Waals surface area (Å²) in [6.45, 7) is 7.01. The van der Waals surface area contributed by atoms with Crippen LogP contribution in [0.1, 0.15) is 31.7 Å². The van der Waals surface area contributed by atoms with E-state index in [0.29, 0.717) is 12.8 Å². The Bertz CT molecular complexity index is 779. The van der Waals surface area contributed by atoms with E-state index in [9.17, 15) is 14.7 Å². The van der Waals surface area contributed by atoms with Crippen molar-refractivity contribution in [2.24, 2.45) is 11.8 Å². The van der Waals surface area contributed by atoms with E-state index in [1.54, 1.807) is 6.92 Å². The van der Waals surface area contributed by atoms with Gasteiger partial charge in [0.1, 0.15) is 6.04 Å². The lowest BCUT2D eigenvalue weighted by atomic mass is 9.76. The zero-order valence-electron chi connectivity index (χ0n) is 19.8. The largest absolute Gasteiger partial charge is 0.464 e. The van der Waals surface area contributed by atoms with Crippen LogP contribution in [0.5, 0.6) is 0 Å². The number of aliphatic hydroxyl groups is 1. The van der Waals surface area contributed by atoms with Crippen LogP contribution in [0.25, 0.3) is 0 Å². The van der Waals surface area contributed by atoms with Crippen molar-refractivity contribution in [1.29, 1.82) is 0 Å². The van der Waals surface area contributed by atoms with Crippen molar-refractivity contribution < 1.29 is 19.4 Å². The number of rotatable bonds is 10. The van der Waals surface area contributed by atoms with Gasteiger partial charge in [-0.15, -0.1) is 23.2 Å². The molecule has 1 saturated heterocycles. The number of piperazine rings is 1. The fraction of sp³-hybridized carbons (Fsp3) is 0.680.